The van der Waals surface area contributed by atoms with E-state index in [1.807, 2.05) is 41.3 Å². The summed E-state index contributed by atoms with van der Waals surface area (Å²) in [6, 6.07) is 15.0. The van der Waals surface area contributed by atoms with Crippen LogP contribution in [0.2, 0.25) is 5.02 Å². The van der Waals surface area contributed by atoms with Crippen molar-refractivity contribution in [3.8, 4) is 5.75 Å². The predicted molar refractivity (Wildman–Crippen MR) is 118 cm³/mol. The van der Waals surface area contributed by atoms with Crippen molar-refractivity contribution in [2.45, 2.75) is 12.8 Å². The Morgan fingerprint density at radius 1 is 1.07 bits per heavy atom. The summed E-state index contributed by atoms with van der Waals surface area (Å²) < 4.78 is 5.23. The third-order valence-electron chi connectivity index (χ3n) is 5.22. The van der Waals surface area contributed by atoms with Gasteiger partial charge in [-0.15, -0.1) is 0 Å². The van der Waals surface area contributed by atoms with E-state index in [0.717, 1.165) is 30.7 Å². The quantitative estimate of drug-likeness (QED) is 0.735. The van der Waals surface area contributed by atoms with Crippen LogP contribution in [0.1, 0.15) is 22.3 Å². The molecule has 1 N–H and O–H groups in total. The minimum Gasteiger partial charge on any atom is -0.497 e. The van der Waals surface area contributed by atoms with Crippen molar-refractivity contribution >= 4 is 23.4 Å². The largest absolute Gasteiger partial charge is 0.497 e. The Kier molecular flexibility index (Phi) is 8.11. The maximum absolute atomic E-state index is 12.8. The zero-order valence-corrected chi connectivity index (χ0v) is 18.0. The molecule has 160 valence electrons. The molecule has 0 radical (unpaired) electrons. The fourth-order valence-corrected chi connectivity index (χ4v) is 3.79. The highest BCUT2D eigenvalue weighted by atomic mass is 35.5. The van der Waals surface area contributed by atoms with Crippen LogP contribution in [0, 0.1) is 0 Å². The van der Waals surface area contributed by atoms with E-state index in [-0.39, 0.29) is 11.8 Å². The summed E-state index contributed by atoms with van der Waals surface area (Å²) in [4.78, 5) is 29.0. The van der Waals surface area contributed by atoms with Crippen molar-refractivity contribution in [1.29, 1.82) is 0 Å². The molecule has 1 heterocycles. The van der Waals surface area contributed by atoms with Gasteiger partial charge in [0.15, 0.2) is 0 Å². The maximum atomic E-state index is 12.8. The molecule has 30 heavy (non-hydrogen) atoms. The first-order valence-electron chi connectivity index (χ1n) is 10.2. The first kappa shape index (κ1) is 22.1. The molecule has 2 aromatic rings. The smallest absolute Gasteiger partial charge is 0.255 e. The molecule has 0 spiro atoms. The number of hydrogen-bond acceptors (Lipinski definition) is 4. The number of benzene rings is 2. The Bertz CT molecular complexity index is 874. The molecule has 1 aliphatic rings. The third-order valence-corrected chi connectivity index (χ3v) is 5.55. The number of ether oxygens (including phenoxy) is 1. The lowest BCUT2D eigenvalue weighted by molar-refractivity contribution is -0.122. The second-order valence-corrected chi connectivity index (χ2v) is 7.76. The van der Waals surface area contributed by atoms with Gasteiger partial charge in [-0.25, -0.2) is 0 Å². The van der Waals surface area contributed by atoms with Gasteiger partial charge in [-0.2, -0.15) is 0 Å². The number of rotatable bonds is 7. The second-order valence-electron chi connectivity index (χ2n) is 7.35. The first-order valence-corrected chi connectivity index (χ1v) is 10.6. The van der Waals surface area contributed by atoms with Crippen LogP contribution in [0.25, 0.3) is 0 Å². The molecule has 1 fully saturated rings. The van der Waals surface area contributed by atoms with Gasteiger partial charge in [0.05, 0.1) is 24.2 Å². The Labute approximate surface area is 182 Å². The van der Waals surface area contributed by atoms with Crippen LogP contribution in [-0.4, -0.2) is 68.0 Å². The average Bonchev–Trinajstić information content (AvgIpc) is 2.99. The van der Waals surface area contributed by atoms with Gasteiger partial charge < -0.3 is 15.0 Å². The van der Waals surface area contributed by atoms with E-state index in [1.54, 1.807) is 19.2 Å². The lowest BCUT2D eigenvalue weighted by Gasteiger charge is -2.22. The normalized spacial score (nSPS) is 14.8. The van der Waals surface area contributed by atoms with Gasteiger partial charge in [-0.1, -0.05) is 35.9 Å². The molecule has 7 heteroatoms. The molecular formula is C23H28ClN3O3. The lowest BCUT2D eigenvalue weighted by Crippen LogP contribution is -2.40. The van der Waals surface area contributed by atoms with Crippen molar-refractivity contribution in [2.75, 3.05) is 46.4 Å². The van der Waals surface area contributed by atoms with Crippen molar-refractivity contribution in [3.63, 3.8) is 0 Å². The van der Waals surface area contributed by atoms with E-state index in [9.17, 15) is 9.59 Å². The third kappa shape index (κ3) is 6.21. The van der Waals surface area contributed by atoms with Crippen LogP contribution in [0.3, 0.4) is 0 Å². The van der Waals surface area contributed by atoms with E-state index in [0.29, 0.717) is 43.3 Å². The molecule has 0 saturated carbocycles. The number of methoxy groups -OCH3 is 1. The molecule has 1 saturated heterocycles. The first-order chi connectivity index (χ1) is 14.6. The van der Waals surface area contributed by atoms with Crippen molar-refractivity contribution in [2.24, 2.45) is 0 Å². The molecule has 0 aliphatic carbocycles. The van der Waals surface area contributed by atoms with Crippen LogP contribution in [-0.2, 0) is 11.2 Å². The van der Waals surface area contributed by atoms with Gasteiger partial charge in [0, 0.05) is 32.7 Å². The molecular weight excluding hydrogens is 402 g/mol. The van der Waals surface area contributed by atoms with Crippen LogP contribution in [0.5, 0.6) is 5.75 Å². The van der Waals surface area contributed by atoms with Gasteiger partial charge in [0.1, 0.15) is 5.75 Å². The SMILES string of the molecule is COc1cccc(CCNC(=O)CN2CCCN(C(=O)c3ccccc3Cl)CC2)c1. The van der Waals surface area contributed by atoms with Gasteiger partial charge >= 0.3 is 0 Å². The predicted octanol–water partition coefficient (Wildman–Crippen LogP) is 2.86. The summed E-state index contributed by atoms with van der Waals surface area (Å²) in [5.41, 5.74) is 1.65. The molecule has 0 bridgehead atoms. The fraction of sp³-hybridized carbons (Fsp3) is 0.391. The van der Waals surface area contributed by atoms with Gasteiger partial charge in [-0.05, 0) is 42.7 Å². The molecule has 0 aromatic heterocycles. The number of carbonyl (C=O) groups excluding carboxylic acids is 2. The molecule has 2 aromatic carbocycles. The second kappa shape index (κ2) is 11.0. The number of hydrogen-bond donors (Lipinski definition) is 1. The van der Waals surface area contributed by atoms with Crippen LogP contribution >= 0.6 is 11.6 Å². The Morgan fingerprint density at radius 3 is 2.70 bits per heavy atom. The Morgan fingerprint density at radius 2 is 1.90 bits per heavy atom. The highest BCUT2D eigenvalue weighted by molar-refractivity contribution is 6.33. The number of carbonyl (C=O) groups is 2. The van der Waals surface area contributed by atoms with Crippen molar-refractivity contribution in [3.05, 3.63) is 64.7 Å². The molecule has 0 atom stereocenters. The minimum absolute atomic E-state index is 0.00350. The number of nitrogens with zero attached hydrogens (tertiary/aromatic N) is 2. The van der Waals surface area contributed by atoms with Crippen LogP contribution < -0.4 is 10.1 Å². The summed E-state index contributed by atoms with van der Waals surface area (Å²) in [5, 5.41) is 3.46. The number of amides is 2. The summed E-state index contributed by atoms with van der Waals surface area (Å²) in [6.45, 7) is 3.62. The van der Waals surface area contributed by atoms with Crippen molar-refractivity contribution < 1.29 is 14.3 Å². The molecule has 2 amide bonds. The monoisotopic (exact) mass is 429 g/mol. The van der Waals surface area contributed by atoms with Crippen molar-refractivity contribution in [1.82, 2.24) is 15.1 Å². The lowest BCUT2D eigenvalue weighted by atomic mass is 10.1. The summed E-state index contributed by atoms with van der Waals surface area (Å²) >= 11 is 6.17. The van der Waals surface area contributed by atoms with Gasteiger partial charge in [0.25, 0.3) is 5.91 Å². The van der Waals surface area contributed by atoms with Crippen LogP contribution in [0.4, 0.5) is 0 Å². The van der Waals surface area contributed by atoms with Gasteiger partial charge in [-0.3, -0.25) is 14.5 Å². The van der Waals surface area contributed by atoms with E-state index in [4.69, 9.17) is 16.3 Å². The maximum Gasteiger partial charge on any atom is 0.255 e. The fourth-order valence-electron chi connectivity index (χ4n) is 3.57. The van der Waals surface area contributed by atoms with Gasteiger partial charge in [0.2, 0.25) is 5.91 Å². The molecule has 0 unspecified atom stereocenters. The zero-order valence-electron chi connectivity index (χ0n) is 17.3. The minimum atomic E-state index is -0.0507. The number of nitrogens with one attached hydrogen (secondary N) is 1. The highest BCUT2D eigenvalue weighted by Crippen LogP contribution is 2.18. The molecule has 1 aliphatic heterocycles. The average molecular weight is 430 g/mol. The summed E-state index contributed by atoms with van der Waals surface area (Å²) in [5.74, 6) is 0.772. The molecule has 3 rings (SSSR count). The topological polar surface area (TPSA) is 61.9 Å². The highest BCUT2D eigenvalue weighted by Gasteiger charge is 2.22. The zero-order chi connectivity index (χ0) is 21.3. The van der Waals surface area contributed by atoms with E-state index < -0.39 is 0 Å². The Balaban J connectivity index is 1.43. The van der Waals surface area contributed by atoms with E-state index >= 15 is 0 Å². The molecule has 6 nitrogen and oxygen atoms in total. The Hall–Kier alpha value is -2.57. The summed E-state index contributed by atoms with van der Waals surface area (Å²) in [7, 11) is 1.64. The standard InChI is InChI=1S/C23H28ClN3O3/c1-30-19-7-4-6-18(16-19)10-11-25-22(28)17-26-12-5-13-27(15-14-26)23(29)20-8-2-3-9-21(20)24/h2-4,6-9,16H,5,10-15,17H2,1H3,(H,25,28). The summed E-state index contributed by atoms with van der Waals surface area (Å²) in [6.07, 6.45) is 1.58. The van der Waals surface area contributed by atoms with E-state index in [1.165, 1.54) is 0 Å². The van der Waals surface area contributed by atoms with Crippen LogP contribution in [0.15, 0.2) is 48.5 Å². The number of halogens is 1. The van der Waals surface area contributed by atoms with E-state index in [2.05, 4.69) is 10.2 Å².